The maximum Gasteiger partial charge on any atom is 1.00 e. The fraction of sp³-hybridized carbons (Fsp3) is 0.833. The molecule has 0 aromatic carbocycles. The molecule has 0 rings (SSSR count). The summed E-state index contributed by atoms with van der Waals surface area (Å²) >= 11 is 0. The normalized spacial score (nSPS) is 8.50. The number of carboxylic acid groups (broad SMARTS) is 1. The van der Waals surface area contributed by atoms with Gasteiger partial charge in [-0.25, -0.2) is 0 Å². The summed E-state index contributed by atoms with van der Waals surface area (Å²) in [5.74, 6) is -1.05. The molecule has 0 radical (unpaired) electrons. The smallest absolute Gasteiger partial charge is 0.550 e. The van der Waals surface area contributed by atoms with Crippen molar-refractivity contribution in [2.24, 2.45) is 0 Å². The Bertz CT molecular complexity index is 85.1. The first-order valence-electron chi connectivity index (χ1n) is 3.05. The summed E-state index contributed by atoms with van der Waals surface area (Å²) in [6.07, 6.45) is 0.924. The second-order valence-electron chi connectivity index (χ2n) is 1.73. The molecule has 54 valence electrons. The second-order valence-corrected chi connectivity index (χ2v) is 1.73. The molecule has 3 nitrogen and oxygen atoms in total. The van der Waals surface area contributed by atoms with Crippen molar-refractivity contribution >= 4 is 5.97 Å². The van der Waals surface area contributed by atoms with Crippen molar-refractivity contribution in [3.05, 3.63) is 0 Å². The topological polar surface area (TPSA) is 49.4 Å². The first kappa shape index (κ1) is 13.1. The predicted molar refractivity (Wildman–Crippen MR) is 30.7 cm³/mol. The van der Waals surface area contributed by atoms with Crippen molar-refractivity contribution in [1.29, 1.82) is 0 Å². The van der Waals surface area contributed by atoms with Crippen LogP contribution in [0.15, 0.2) is 0 Å². The third-order valence-corrected chi connectivity index (χ3v) is 0.799. The van der Waals surface area contributed by atoms with Gasteiger partial charge in [0, 0.05) is 19.0 Å². The second kappa shape index (κ2) is 9.43. The van der Waals surface area contributed by atoms with Gasteiger partial charge in [-0.1, -0.05) is 6.92 Å². The number of carbonyl (C=O) groups is 1. The van der Waals surface area contributed by atoms with Gasteiger partial charge in [0.1, 0.15) is 0 Å². The molecule has 4 heteroatoms. The van der Waals surface area contributed by atoms with Crippen LogP contribution in [-0.2, 0) is 9.53 Å². The molecule has 0 fully saturated rings. The van der Waals surface area contributed by atoms with Crippen molar-refractivity contribution in [2.45, 2.75) is 19.8 Å². The van der Waals surface area contributed by atoms with Crippen LogP contribution in [0.5, 0.6) is 0 Å². The largest absolute Gasteiger partial charge is 1.00 e. The van der Waals surface area contributed by atoms with Crippen LogP contribution in [0.4, 0.5) is 0 Å². The summed E-state index contributed by atoms with van der Waals surface area (Å²) in [6, 6.07) is 0. The van der Waals surface area contributed by atoms with Gasteiger partial charge in [0.25, 0.3) is 0 Å². The summed E-state index contributed by atoms with van der Waals surface area (Å²) in [5, 5.41) is 9.77. The number of carbonyl (C=O) groups excluding carboxylic acids is 1. The summed E-state index contributed by atoms with van der Waals surface area (Å²) in [7, 11) is 0. The van der Waals surface area contributed by atoms with E-state index in [0.717, 1.165) is 6.42 Å². The maximum atomic E-state index is 9.77. The van der Waals surface area contributed by atoms with Crippen LogP contribution in [0.3, 0.4) is 0 Å². The molecule has 0 atom stereocenters. The van der Waals surface area contributed by atoms with Gasteiger partial charge in [-0.15, -0.1) is 0 Å². The van der Waals surface area contributed by atoms with Gasteiger partial charge in [0.15, 0.2) is 0 Å². The Labute approximate surface area is 83.0 Å². The molecule has 0 unspecified atom stereocenters. The van der Waals surface area contributed by atoms with Gasteiger partial charge in [0.05, 0.1) is 6.61 Å². The minimum Gasteiger partial charge on any atom is -0.550 e. The summed E-state index contributed by atoms with van der Waals surface area (Å²) < 4.78 is 4.87. The quantitative estimate of drug-likeness (QED) is 0.306. The zero-order chi connectivity index (χ0) is 7.11. The number of rotatable bonds is 5. The summed E-state index contributed by atoms with van der Waals surface area (Å²) in [4.78, 5) is 9.77. The summed E-state index contributed by atoms with van der Waals surface area (Å²) in [5.41, 5.74) is 0. The van der Waals surface area contributed by atoms with E-state index in [4.69, 9.17) is 4.74 Å². The van der Waals surface area contributed by atoms with E-state index in [1.807, 2.05) is 6.92 Å². The number of carboxylic acids is 1. The molecule has 0 aliphatic heterocycles. The molecule has 0 aromatic rings. The van der Waals surface area contributed by atoms with Gasteiger partial charge < -0.3 is 14.6 Å². The predicted octanol–water partition coefficient (Wildman–Crippen LogP) is -3.44. The van der Waals surface area contributed by atoms with E-state index in [1.54, 1.807) is 0 Å². The third-order valence-electron chi connectivity index (χ3n) is 0.799. The van der Waals surface area contributed by atoms with Crippen LogP contribution in [0.25, 0.3) is 0 Å². The van der Waals surface area contributed by atoms with E-state index in [2.05, 4.69) is 0 Å². The van der Waals surface area contributed by atoms with Crippen molar-refractivity contribution < 1.29 is 44.2 Å². The molecule has 0 aliphatic rings. The molecule has 0 aromatic heterocycles. The van der Waals surface area contributed by atoms with Crippen LogP contribution >= 0.6 is 0 Å². The molecule has 0 saturated heterocycles. The molecule has 0 N–H and O–H groups in total. The van der Waals surface area contributed by atoms with Crippen molar-refractivity contribution in [3.8, 4) is 0 Å². The monoisotopic (exact) mass is 154 g/mol. The minimum atomic E-state index is -1.05. The van der Waals surface area contributed by atoms with Gasteiger partial charge in [-0.05, 0) is 6.42 Å². The number of aliphatic carboxylic acids is 1. The van der Waals surface area contributed by atoms with E-state index < -0.39 is 5.97 Å². The van der Waals surface area contributed by atoms with E-state index in [-0.39, 0.29) is 42.6 Å². The third kappa shape index (κ3) is 11.3. The first-order valence-corrected chi connectivity index (χ1v) is 3.05. The fourth-order valence-electron chi connectivity index (χ4n) is 0.402. The number of ether oxygens (including phenoxy) is 1. The van der Waals surface area contributed by atoms with Crippen LogP contribution in [0.1, 0.15) is 19.8 Å². The van der Waals surface area contributed by atoms with Crippen LogP contribution in [-0.4, -0.2) is 19.2 Å². The first-order chi connectivity index (χ1) is 4.27. The van der Waals surface area contributed by atoms with Crippen LogP contribution < -0.4 is 34.7 Å². The molecule has 0 bridgehead atoms. The van der Waals surface area contributed by atoms with E-state index in [0.29, 0.717) is 6.61 Å². The maximum absolute atomic E-state index is 9.77. The fourth-order valence-corrected chi connectivity index (χ4v) is 0.402. The standard InChI is InChI=1S/C6H12O3.Na/c1-2-4-9-5-3-6(7)8;/h2-5H2,1H3,(H,7,8);/q;+1/p-1. The van der Waals surface area contributed by atoms with Crippen molar-refractivity contribution in [2.75, 3.05) is 13.2 Å². The Kier molecular flexibility index (Phi) is 12.3. The molecule has 0 heterocycles. The SMILES string of the molecule is CCCOCCC(=O)[O-].[Na+]. The molecule has 0 saturated carbocycles. The Morgan fingerprint density at radius 3 is 2.50 bits per heavy atom. The zero-order valence-electron chi connectivity index (χ0n) is 6.55. The minimum absolute atomic E-state index is 0. The Balaban J connectivity index is 0. The molecular weight excluding hydrogens is 143 g/mol. The molecule has 0 amide bonds. The van der Waals surface area contributed by atoms with Crippen LogP contribution in [0.2, 0.25) is 0 Å². The summed E-state index contributed by atoms with van der Waals surface area (Å²) in [6.45, 7) is 2.88. The molecule has 10 heavy (non-hydrogen) atoms. The van der Waals surface area contributed by atoms with Gasteiger partial charge in [0.2, 0.25) is 0 Å². The average molecular weight is 154 g/mol. The zero-order valence-corrected chi connectivity index (χ0v) is 8.55. The molecule has 0 aliphatic carbocycles. The van der Waals surface area contributed by atoms with Gasteiger partial charge in [-0.2, -0.15) is 0 Å². The Morgan fingerprint density at radius 1 is 1.50 bits per heavy atom. The Hall–Kier alpha value is 0.430. The Morgan fingerprint density at radius 2 is 2.10 bits per heavy atom. The van der Waals surface area contributed by atoms with E-state index in [1.165, 1.54) is 0 Å². The number of hydrogen-bond donors (Lipinski definition) is 0. The molecular formula is C6H11NaO3. The van der Waals surface area contributed by atoms with E-state index >= 15 is 0 Å². The van der Waals surface area contributed by atoms with Crippen LogP contribution in [0, 0.1) is 0 Å². The van der Waals surface area contributed by atoms with Crippen molar-refractivity contribution in [3.63, 3.8) is 0 Å². The van der Waals surface area contributed by atoms with Gasteiger partial charge in [-0.3, -0.25) is 0 Å². The average Bonchev–Trinajstić information content (AvgIpc) is 1.80. The molecule has 0 spiro atoms. The number of hydrogen-bond acceptors (Lipinski definition) is 3. The van der Waals surface area contributed by atoms with E-state index in [9.17, 15) is 9.90 Å². The van der Waals surface area contributed by atoms with Gasteiger partial charge >= 0.3 is 29.6 Å². The van der Waals surface area contributed by atoms with Crippen molar-refractivity contribution in [1.82, 2.24) is 0 Å².